The molecule has 0 fully saturated rings. The van der Waals surface area contributed by atoms with Crippen LogP contribution in [0.15, 0.2) is 0 Å². The summed E-state index contributed by atoms with van der Waals surface area (Å²) in [5, 5.41) is 0. The summed E-state index contributed by atoms with van der Waals surface area (Å²) in [4.78, 5) is 0. The third-order valence-electron chi connectivity index (χ3n) is 0.737. The topological polar surface area (TPSA) is 0 Å². The minimum absolute atomic E-state index is 0. The van der Waals surface area contributed by atoms with E-state index in [9.17, 15) is 0 Å². The van der Waals surface area contributed by atoms with Crippen LogP contribution in [0.4, 0.5) is 0 Å². The molecule has 0 aromatic carbocycles. The summed E-state index contributed by atoms with van der Waals surface area (Å²) in [7, 11) is 0. The van der Waals surface area contributed by atoms with E-state index >= 15 is 0 Å². The SMILES string of the molecule is CCCCCCl.Cl.[Ca+2].[H-].[H-]. The molecule has 0 saturated carbocycles. The first-order valence-corrected chi connectivity index (χ1v) is 3.01. The van der Waals surface area contributed by atoms with Crippen LogP contribution in [-0.2, 0) is 0 Å². The van der Waals surface area contributed by atoms with E-state index in [2.05, 4.69) is 6.92 Å². The van der Waals surface area contributed by atoms with Crippen molar-refractivity contribution >= 4 is 61.7 Å². The molecule has 0 unspecified atom stereocenters. The van der Waals surface area contributed by atoms with Crippen molar-refractivity contribution in [3.8, 4) is 0 Å². The second-order valence-corrected chi connectivity index (χ2v) is 1.77. The van der Waals surface area contributed by atoms with Crippen molar-refractivity contribution in [2.24, 2.45) is 0 Å². The van der Waals surface area contributed by atoms with Gasteiger partial charge in [0, 0.05) is 5.88 Å². The molecule has 0 radical (unpaired) electrons. The van der Waals surface area contributed by atoms with E-state index in [0.29, 0.717) is 0 Å². The molecule has 0 amide bonds. The molecule has 8 heavy (non-hydrogen) atoms. The third-order valence-corrected chi connectivity index (χ3v) is 1.00. The molecule has 0 saturated heterocycles. The molecule has 0 aliphatic carbocycles. The van der Waals surface area contributed by atoms with Crippen LogP contribution in [0.25, 0.3) is 0 Å². The average molecular weight is 185 g/mol. The summed E-state index contributed by atoms with van der Waals surface area (Å²) in [6, 6.07) is 0. The van der Waals surface area contributed by atoms with Crippen LogP contribution in [-0.4, -0.2) is 43.6 Å². The molecule has 0 rings (SSSR count). The Morgan fingerprint density at radius 2 is 1.88 bits per heavy atom. The maximum Gasteiger partial charge on any atom is 2.00 e. The van der Waals surface area contributed by atoms with Crippen LogP contribution in [0.5, 0.6) is 0 Å². The molecule has 0 spiro atoms. The summed E-state index contributed by atoms with van der Waals surface area (Å²) in [6.45, 7) is 2.17. The van der Waals surface area contributed by atoms with Gasteiger partial charge in [-0.1, -0.05) is 19.8 Å². The standard InChI is InChI=1S/C5H11Cl.Ca.ClH.2H/c1-2-3-4-5-6;;;;/h2-5H2,1H3;;1H;;/q;+2;;2*-1. The summed E-state index contributed by atoms with van der Waals surface area (Å²) in [6.07, 6.45) is 3.73. The van der Waals surface area contributed by atoms with Crippen molar-refractivity contribution in [3.63, 3.8) is 0 Å². The molecule has 0 bridgehead atoms. The molecule has 0 aromatic rings. The van der Waals surface area contributed by atoms with Crippen LogP contribution >= 0.6 is 24.0 Å². The summed E-state index contributed by atoms with van der Waals surface area (Å²) >= 11 is 5.38. The van der Waals surface area contributed by atoms with Crippen LogP contribution < -0.4 is 0 Å². The first-order chi connectivity index (χ1) is 2.91. The summed E-state index contributed by atoms with van der Waals surface area (Å²) in [5.74, 6) is 0.827. The van der Waals surface area contributed by atoms with Crippen LogP contribution in [0, 0.1) is 0 Å². The second-order valence-electron chi connectivity index (χ2n) is 1.40. The van der Waals surface area contributed by atoms with Crippen molar-refractivity contribution in [1.29, 1.82) is 0 Å². The zero-order chi connectivity index (χ0) is 4.83. The molecule has 0 nitrogen and oxygen atoms in total. The van der Waals surface area contributed by atoms with E-state index in [1.165, 1.54) is 19.3 Å². The van der Waals surface area contributed by atoms with Gasteiger partial charge in [-0.2, -0.15) is 0 Å². The number of hydrogen-bond donors (Lipinski definition) is 0. The van der Waals surface area contributed by atoms with Gasteiger partial charge in [-0.3, -0.25) is 0 Å². The molecule has 50 valence electrons. The molecule has 0 aliphatic rings. The Hall–Kier alpha value is 1.84. The van der Waals surface area contributed by atoms with E-state index in [0.717, 1.165) is 5.88 Å². The van der Waals surface area contributed by atoms with Gasteiger partial charge in [-0.25, -0.2) is 0 Å². The van der Waals surface area contributed by atoms with Gasteiger partial charge in [-0.15, -0.1) is 24.0 Å². The van der Waals surface area contributed by atoms with Gasteiger partial charge in [0.05, 0.1) is 0 Å². The Bertz CT molecular complexity index is 29.6. The van der Waals surface area contributed by atoms with Gasteiger partial charge in [-0.05, 0) is 6.42 Å². The van der Waals surface area contributed by atoms with E-state index in [4.69, 9.17) is 11.6 Å². The molecular weight excluding hydrogens is 171 g/mol. The van der Waals surface area contributed by atoms with Gasteiger partial charge < -0.3 is 2.85 Å². The van der Waals surface area contributed by atoms with Crippen molar-refractivity contribution in [2.75, 3.05) is 5.88 Å². The molecule has 0 aliphatic heterocycles. The molecule has 3 heteroatoms. The normalized spacial score (nSPS) is 6.75. The Morgan fingerprint density at radius 1 is 1.38 bits per heavy atom. The zero-order valence-corrected chi connectivity index (χ0v) is 9.10. The monoisotopic (exact) mass is 184 g/mol. The number of unbranched alkanes of at least 4 members (excludes halogenated alkanes) is 2. The van der Waals surface area contributed by atoms with E-state index < -0.39 is 0 Å². The van der Waals surface area contributed by atoms with E-state index in [-0.39, 0.29) is 53.0 Å². The van der Waals surface area contributed by atoms with Gasteiger partial charge in [0.15, 0.2) is 0 Å². The van der Waals surface area contributed by atoms with Crippen LogP contribution in [0.3, 0.4) is 0 Å². The van der Waals surface area contributed by atoms with Crippen molar-refractivity contribution in [1.82, 2.24) is 0 Å². The number of halogens is 2. The van der Waals surface area contributed by atoms with E-state index in [1.54, 1.807) is 0 Å². The van der Waals surface area contributed by atoms with Crippen LogP contribution in [0.2, 0.25) is 0 Å². The molecule has 0 N–H and O–H groups in total. The predicted molar refractivity (Wildman–Crippen MR) is 45.5 cm³/mol. The number of alkyl halides is 1. The van der Waals surface area contributed by atoms with E-state index in [1.807, 2.05) is 0 Å². The summed E-state index contributed by atoms with van der Waals surface area (Å²) in [5.41, 5.74) is 0. The Morgan fingerprint density at radius 3 is 2.00 bits per heavy atom. The smallest absolute Gasteiger partial charge is 1.00 e. The summed E-state index contributed by atoms with van der Waals surface area (Å²) < 4.78 is 0. The van der Waals surface area contributed by atoms with Crippen molar-refractivity contribution < 1.29 is 2.85 Å². The van der Waals surface area contributed by atoms with Gasteiger partial charge >= 0.3 is 37.7 Å². The Kier molecular flexibility index (Phi) is 32.7. The second kappa shape index (κ2) is 15.9. The number of rotatable bonds is 3. The average Bonchev–Trinajstić information content (AvgIpc) is 1.61. The quantitative estimate of drug-likeness (QED) is 0.360. The maximum absolute atomic E-state index is 5.38. The van der Waals surface area contributed by atoms with Gasteiger partial charge in [0.25, 0.3) is 0 Å². The van der Waals surface area contributed by atoms with Gasteiger partial charge in [0.1, 0.15) is 0 Å². The largest absolute Gasteiger partial charge is 2.00 e. The van der Waals surface area contributed by atoms with Gasteiger partial charge in [0.2, 0.25) is 0 Å². The molecule has 0 heterocycles. The first-order valence-electron chi connectivity index (χ1n) is 2.47. The first kappa shape index (κ1) is 16.4. The Labute approximate surface area is 95.7 Å². The molecular formula is C5H14CaCl2. The third kappa shape index (κ3) is 15.7. The number of hydrogen-bond acceptors (Lipinski definition) is 0. The minimum atomic E-state index is 0. The predicted octanol–water partition coefficient (Wildman–Crippen LogP) is 2.68. The Balaban J connectivity index is -0.0000000208. The molecule has 0 atom stereocenters. The maximum atomic E-state index is 5.38. The van der Waals surface area contributed by atoms with Crippen LogP contribution in [0.1, 0.15) is 29.0 Å². The fraction of sp³-hybridized carbons (Fsp3) is 1.00. The molecule has 0 aromatic heterocycles. The fourth-order valence-corrected chi connectivity index (χ4v) is 0.533. The zero-order valence-electron chi connectivity index (χ0n) is 7.32. The van der Waals surface area contributed by atoms with Crippen molar-refractivity contribution in [2.45, 2.75) is 26.2 Å². The fourth-order valence-electron chi connectivity index (χ4n) is 0.344. The van der Waals surface area contributed by atoms with Crippen molar-refractivity contribution in [3.05, 3.63) is 0 Å². The minimum Gasteiger partial charge on any atom is -1.00 e.